The number of hydrogen-bond donors (Lipinski definition) is 2. The highest BCUT2D eigenvalue weighted by molar-refractivity contribution is 14.0. The highest BCUT2D eigenvalue weighted by Crippen LogP contribution is 2.18. The molecular weight excluding hydrogens is 482 g/mol. The first-order valence-electron chi connectivity index (χ1n) is 9.61. The maximum absolute atomic E-state index is 13.6. The molecule has 2 rings (SSSR count). The van der Waals surface area contributed by atoms with Gasteiger partial charge in [0, 0.05) is 32.4 Å². The highest BCUT2D eigenvalue weighted by Gasteiger charge is 2.17. The predicted octanol–water partition coefficient (Wildman–Crippen LogP) is 3.19. The van der Waals surface area contributed by atoms with E-state index in [4.69, 9.17) is 0 Å². The van der Waals surface area contributed by atoms with E-state index < -0.39 is 0 Å². The number of hydrogen-bond acceptors (Lipinski definition) is 3. The van der Waals surface area contributed by atoms with E-state index in [0.29, 0.717) is 6.54 Å². The standard InChI is InChI=1S/C21H33FN6.HI/c1-14(11-19-15(2)26-28(7)16(19)3)25-21(23-4)24-13-20(27(5)6)17-9-8-10-18(22)12-17;/h8-10,12,14,20H,11,13H2,1-7H3,(H2,23,24,25);1H. The molecular formula is C21H34FIN6. The normalized spacial score (nSPS) is 13.8. The first-order valence-corrected chi connectivity index (χ1v) is 9.61. The summed E-state index contributed by atoms with van der Waals surface area (Å²) in [4.78, 5) is 6.41. The summed E-state index contributed by atoms with van der Waals surface area (Å²) < 4.78 is 15.5. The Labute approximate surface area is 191 Å². The van der Waals surface area contributed by atoms with Gasteiger partial charge in [0.05, 0.1) is 11.7 Å². The van der Waals surface area contributed by atoms with E-state index >= 15 is 0 Å². The van der Waals surface area contributed by atoms with Crippen LogP contribution in [-0.4, -0.2) is 54.4 Å². The molecule has 0 aliphatic heterocycles. The number of halogens is 2. The predicted molar refractivity (Wildman–Crippen MR) is 129 cm³/mol. The summed E-state index contributed by atoms with van der Waals surface area (Å²) in [7, 11) is 7.71. The van der Waals surface area contributed by atoms with Crippen molar-refractivity contribution in [2.45, 2.75) is 39.3 Å². The lowest BCUT2D eigenvalue weighted by Gasteiger charge is -2.27. The number of rotatable bonds is 7. The van der Waals surface area contributed by atoms with Gasteiger partial charge in [-0.3, -0.25) is 9.67 Å². The number of likely N-dealkylation sites (N-methyl/N-ethyl adjacent to an activating group) is 1. The lowest BCUT2D eigenvalue weighted by atomic mass is 10.1. The zero-order chi connectivity index (χ0) is 20.8. The van der Waals surface area contributed by atoms with Crippen molar-refractivity contribution in [1.29, 1.82) is 0 Å². The van der Waals surface area contributed by atoms with Gasteiger partial charge in [0.25, 0.3) is 0 Å². The third-order valence-electron chi connectivity index (χ3n) is 5.10. The van der Waals surface area contributed by atoms with Gasteiger partial charge >= 0.3 is 0 Å². The van der Waals surface area contributed by atoms with Crippen molar-refractivity contribution in [3.05, 3.63) is 52.6 Å². The van der Waals surface area contributed by atoms with Crippen molar-refractivity contribution in [3.63, 3.8) is 0 Å². The van der Waals surface area contributed by atoms with Crippen molar-refractivity contribution < 1.29 is 4.39 Å². The number of nitrogens with zero attached hydrogens (tertiary/aromatic N) is 4. The zero-order valence-corrected chi connectivity index (χ0v) is 20.8. The molecule has 0 saturated carbocycles. The zero-order valence-electron chi connectivity index (χ0n) is 18.5. The molecule has 0 bridgehead atoms. The van der Waals surface area contributed by atoms with Gasteiger partial charge in [-0.15, -0.1) is 24.0 Å². The van der Waals surface area contributed by atoms with E-state index in [2.05, 4.69) is 39.5 Å². The van der Waals surface area contributed by atoms with Crippen LogP contribution in [0.4, 0.5) is 4.39 Å². The smallest absolute Gasteiger partial charge is 0.191 e. The number of nitrogens with one attached hydrogen (secondary N) is 2. The molecule has 2 aromatic rings. The molecule has 6 nitrogen and oxygen atoms in total. The fraction of sp³-hybridized carbons (Fsp3) is 0.524. The molecule has 1 heterocycles. The summed E-state index contributed by atoms with van der Waals surface area (Å²) in [5.74, 6) is 0.512. The Hall–Kier alpha value is -1.68. The van der Waals surface area contributed by atoms with Crippen molar-refractivity contribution >= 4 is 29.9 Å². The van der Waals surface area contributed by atoms with Crippen molar-refractivity contribution in [2.24, 2.45) is 12.0 Å². The minimum atomic E-state index is -0.220. The van der Waals surface area contributed by atoms with Gasteiger partial charge in [-0.25, -0.2) is 4.39 Å². The Morgan fingerprint density at radius 1 is 1.31 bits per heavy atom. The number of aliphatic imine (C=N–C) groups is 1. The minimum Gasteiger partial charge on any atom is -0.354 e. The topological polar surface area (TPSA) is 57.5 Å². The van der Waals surface area contributed by atoms with Gasteiger partial charge in [0.1, 0.15) is 5.82 Å². The van der Waals surface area contributed by atoms with Crippen LogP contribution in [-0.2, 0) is 13.5 Å². The van der Waals surface area contributed by atoms with E-state index in [0.717, 1.165) is 23.6 Å². The maximum Gasteiger partial charge on any atom is 0.191 e. The van der Waals surface area contributed by atoms with E-state index in [-0.39, 0.29) is 41.9 Å². The Morgan fingerprint density at radius 2 is 2.00 bits per heavy atom. The molecule has 2 unspecified atom stereocenters. The Bertz CT molecular complexity index is 817. The molecule has 0 aliphatic carbocycles. The first kappa shape index (κ1) is 25.4. The average Bonchev–Trinajstić information content (AvgIpc) is 2.86. The van der Waals surface area contributed by atoms with Crippen LogP contribution in [0, 0.1) is 19.7 Å². The molecule has 0 radical (unpaired) electrons. The summed E-state index contributed by atoms with van der Waals surface area (Å²) in [6, 6.07) is 6.97. The molecule has 0 fully saturated rings. The summed E-state index contributed by atoms with van der Waals surface area (Å²) in [5.41, 5.74) is 4.45. The largest absolute Gasteiger partial charge is 0.354 e. The van der Waals surface area contributed by atoms with E-state index in [1.165, 1.54) is 17.3 Å². The van der Waals surface area contributed by atoms with Crippen LogP contribution in [0.25, 0.3) is 0 Å². The van der Waals surface area contributed by atoms with Gasteiger partial charge in [-0.1, -0.05) is 12.1 Å². The average molecular weight is 516 g/mol. The first-order chi connectivity index (χ1) is 13.2. The van der Waals surface area contributed by atoms with Crippen LogP contribution in [0.3, 0.4) is 0 Å². The fourth-order valence-electron chi connectivity index (χ4n) is 3.40. The Kier molecular flexibility index (Phi) is 10.0. The quantitative estimate of drug-likeness (QED) is 0.337. The third kappa shape index (κ3) is 6.95. The fourth-order valence-corrected chi connectivity index (χ4v) is 3.40. The van der Waals surface area contributed by atoms with Gasteiger partial charge in [-0.05, 0) is 64.5 Å². The summed E-state index contributed by atoms with van der Waals surface area (Å²) in [6.07, 6.45) is 0.868. The van der Waals surface area contributed by atoms with Crippen molar-refractivity contribution in [3.8, 4) is 0 Å². The molecule has 2 atom stereocenters. The van der Waals surface area contributed by atoms with E-state index in [1.54, 1.807) is 19.2 Å². The van der Waals surface area contributed by atoms with Gasteiger partial charge < -0.3 is 15.5 Å². The number of aromatic nitrogens is 2. The second kappa shape index (κ2) is 11.5. The van der Waals surface area contributed by atoms with Crippen LogP contribution in [0.2, 0.25) is 0 Å². The molecule has 0 aliphatic rings. The molecule has 0 saturated heterocycles. The number of aryl methyl sites for hydroxylation is 2. The second-order valence-corrected chi connectivity index (χ2v) is 7.51. The van der Waals surface area contributed by atoms with E-state index in [1.807, 2.05) is 38.8 Å². The van der Waals surface area contributed by atoms with Gasteiger partial charge in [0.2, 0.25) is 0 Å². The molecule has 162 valence electrons. The van der Waals surface area contributed by atoms with E-state index in [9.17, 15) is 4.39 Å². The third-order valence-corrected chi connectivity index (χ3v) is 5.10. The molecule has 0 amide bonds. The lowest BCUT2D eigenvalue weighted by Crippen LogP contribution is -2.45. The molecule has 1 aromatic heterocycles. The summed E-state index contributed by atoms with van der Waals surface area (Å²) in [6.45, 7) is 6.89. The van der Waals surface area contributed by atoms with Crippen molar-refractivity contribution in [2.75, 3.05) is 27.7 Å². The van der Waals surface area contributed by atoms with Crippen LogP contribution in [0.5, 0.6) is 0 Å². The SMILES string of the molecule is CN=C(NCC(c1cccc(F)c1)N(C)C)NC(C)Cc1c(C)nn(C)c1C.I. The maximum atomic E-state index is 13.6. The van der Waals surface area contributed by atoms with Gasteiger partial charge in [-0.2, -0.15) is 5.10 Å². The number of guanidine groups is 1. The number of benzene rings is 1. The van der Waals surface area contributed by atoms with Crippen LogP contribution >= 0.6 is 24.0 Å². The molecule has 1 aromatic carbocycles. The van der Waals surface area contributed by atoms with Gasteiger partial charge in [0.15, 0.2) is 5.96 Å². The highest BCUT2D eigenvalue weighted by atomic mass is 127. The summed E-state index contributed by atoms with van der Waals surface area (Å²) >= 11 is 0. The van der Waals surface area contributed by atoms with Crippen LogP contribution in [0.1, 0.15) is 35.5 Å². The van der Waals surface area contributed by atoms with Crippen LogP contribution in [0.15, 0.2) is 29.3 Å². The molecule has 29 heavy (non-hydrogen) atoms. The molecule has 2 N–H and O–H groups in total. The molecule has 0 spiro atoms. The summed E-state index contributed by atoms with van der Waals surface area (Å²) in [5, 5.41) is 11.3. The Balaban J connectivity index is 0.00000420. The molecule has 8 heteroatoms. The van der Waals surface area contributed by atoms with Crippen molar-refractivity contribution in [1.82, 2.24) is 25.3 Å². The monoisotopic (exact) mass is 516 g/mol. The second-order valence-electron chi connectivity index (χ2n) is 7.51. The van der Waals surface area contributed by atoms with Crippen LogP contribution < -0.4 is 10.6 Å². The Morgan fingerprint density at radius 3 is 2.52 bits per heavy atom. The minimum absolute atomic E-state index is 0. The lowest BCUT2D eigenvalue weighted by molar-refractivity contribution is 0.297.